The number of aliphatic hydroxyl groups excluding tert-OH is 1. The molecule has 0 aromatic carbocycles. The Kier molecular flexibility index (Phi) is 4.30. The van der Waals surface area contributed by atoms with Gasteiger partial charge in [-0.3, -0.25) is 9.48 Å². The van der Waals surface area contributed by atoms with E-state index in [-0.39, 0.29) is 5.91 Å². The van der Waals surface area contributed by atoms with Crippen molar-refractivity contribution in [2.45, 2.75) is 32.9 Å². The van der Waals surface area contributed by atoms with Crippen molar-refractivity contribution in [1.29, 1.82) is 0 Å². The van der Waals surface area contributed by atoms with Crippen LogP contribution in [-0.2, 0) is 11.3 Å². The van der Waals surface area contributed by atoms with Gasteiger partial charge in [0.1, 0.15) is 0 Å². The van der Waals surface area contributed by atoms with Crippen LogP contribution >= 0.6 is 0 Å². The molecule has 0 aliphatic heterocycles. The van der Waals surface area contributed by atoms with Crippen molar-refractivity contribution in [3.05, 3.63) is 18.0 Å². The summed E-state index contributed by atoms with van der Waals surface area (Å²) in [6, 6.07) is 0. The van der Waals surface area contributed by atoms with Crippen molar-refractivity contribution in [1.82, 2.24) is 15.1 Å². The lowest BCUT2D eigenvalue weighted by Crippen LogP contribution is -2.31. The second-order valence-electron chi connectivity index (χ2n) is 3.68. The van der Waals surface area contributed by atoms with Gasteiger partial charge in [-0.1, -0.05) is 0 Å². The highest BCUT2D eigenvalue weighted by atomic mass is 16.3. The number of nitrogens with zero attached hydrogens (tertiary/aromatic N) is 2. The summed E-state index contributed by atoms with van der Waals surface area (Å²) >= 11 is 0. The minimum absolute atomic E-state index is 0.0657. The van der Waals surface area contributed by atoms with Crippen LogP contribution in [0.25, 0.3) is 0 Å². The lowest BCUT2D eigenvalue weighted by molar-refractivity contribution is -0.121. The highest BCUT2D eigenvalue weighted by Crippen LogP contribution is 1.95. The van der Waals surface area contributed by atoms with Crippen LogP contribution in [0, 0.1) is 6.92 Å². The third-order valence-corrected chi connectivity index (χ3v) is 1.92. The average Bonchev–Trinajstić information content (AvgIpc) is 2.58. The van der Waals surface area contributed by atoms with E-state index in [4.69, 9.17) is 5.11 Å². The first kappa shape index (κ1) is 11.7. The Balaban J connectivity index is 2.22. The summed E-state index contributed by atoms with van der Waals surface area (Å²) < 4.78 is 1.73. The van der Waals surface area contributed by atoms with Gasteiger partial charge in [0.05, 0.1) is 12.3 Å². The maximum atomic E-state index is 11.3. The van der Waals surface area contributed by atoms with Gasteiger partial charge in [-0.15, -0.1) is 0 Å². The molecule has 0 fully saturated rings. The Bertz CT molecular complexity index is 320. The highest BCUT2D eigenvalue weighted by molar-refractivity contribution is 5.75. The second-order valence-corrected chi connectivity index (χ2v) is 3.68. The zero-order valence-corrected chi connectivity index (χ0v) is 9.10. The molecular weight excluding hydrogens is 194 g/mol. The van der Waals surface area contributed by atoms with Crippen LogP contribution in [0.5, 0.6) is 0 Å². The van der Waals surface area contributed by atoms with E-state index in [2.05, 4.69) is 10.4 Å². The van der Waals surface area contributed by atoms with E-state index in [9.17, 15) is 4.79 Å². The Morgan fingerprint density at radius 1 is 1.73 bits per heavy atom. The fourth-order valence-electron chi connectivity index (χ4n) is 1.16. The summed E-state index contributed by atoms with van der Waals surface area (Å²) in [6.07, 6.45) is 3.53. The van der Waals surface area contributed by atoms with E-state index < -0.39 is 6.10 Å². The molecule has 1 heterocycles. The molecule has 1 rings (SSSR count). The molecule has 5 nitrogen and oxygen atoms in total. The Morgan fingerprint density at radius 2 is 2.47 bits per heavy atom. The first-order valence-corrected chi connectivity index (χ1v) is 5.02. The predicted octanol–water partition coefficient (Wildman–Crippen LogP) is 0.0786. The SMILES string of the molecule is Cc1cnn(CCC(=O)NCC(C)O)c1. The molecule has 5 heteroatoms. The predicted molar refractivity (Wildman–Crippen MR) is 56.3 cm³/mol. The monoisotopic (exact) mass is 211 g/mol. The van der Waals surface area contributed by atoms with Crippen molar-refractivity contribution in [3.63, 3.8) is 0 Å². The number of carbonyl (C=O) groups excluding carboxylic acids is 1. The van der Waals surface area contributed by atoms with Crippen molar-refractivity contribution in [3.8, 4) is 0 Å². The number of hydrogen-bond acceptors (Lipinski definition) is 3. The van der Waals surface area contributed by atoms with E-state index in [1.54, 1.807) is 17.8 Å². The van der Waals surface area contributed by atoms with Crippen LogP contribution in [-0.4, -0.2) is 33.4 Å². The van der Waals surface area contributed by atoms with Crippen LogP contribution in [0.15, 0.2) is 12.4 Å². The van der Waals surface area contributed by atoms with E-state index in [0.717, 1.165) is 5.56 Å². The van der Waals surface area contributed by atoms with Gasteiger partial charge >= 0.3 is 0 Å². The summed E-state index contributed by atoms with van der Waals surface area (Å²) in [4.78, 5) is 11.3. The van der Waals surface area contributed by atoms with Crippen molar-refractivity contribution in [2.75, 3.05) is 6.54 Å². The molecule has 1 atom stereocenters. The van der Waals surface area contributed by atoms with Crippen molar-refractivity contribution < 1.29 is 9.90 Å². The number of amides is 1. The van der Waals surface area contributed by atoms with Crippen molar-refractivity contribution in [2.24, 2.45) is 0 Å². The van der Waals surface area contributed by atoms with Gasteiger partial charge in [0.25, 0.3) is 0 Å². The molecule has 1 amide bonds. The summed E-state index contributed by atoms with van der Waals surface area (Å²) in [5.74, 6) is -0.0657. The summed E-state index contributed by atoms with van der Waals surface area (Å²) in [7, 11) is 0. The number of aliphatic hydroxyl groups is 1. The maximum Gasteiger partial charge on any atom is 0.221 e. The number of aryl methyl sites for hydroxylation is 2. The minimum atomic E-state index is -0.499. The summed E-state index contributed by atoms with van der Waals surface area (Å²) in [5, 5.41) is 15.7. The number of hydrogen-bond donors (Lipinski definition) is 2. The molecule has 1 unspecified atom stereocenters. The molecule has 15 heavy (non-hydrogen) atoms. The molecule has 2 N–H and O–H groups in total. The Morgan fingerprint density at radius 3 is 3.00 bits per heavy atom. The number of carbonyl (C=O) groups is 1. The molecule has 0 saturated heterocycles. The number of aromatic nitrogens is 2. The van der Waals surface area contributed by atoms with E-state index in [1.165, 1.54) is 0 Å². The fourth-order valence-corrected chi connectivity index (χ4v) is 1.16. The smallest absolute Gasteiger partial charge is 0.221 e. The average molecular weight is 211 g/mol. The highest BCUT2D eigenvalue weighted by Gasteiger charge is 2.03. The van der Waals surface area contributed by atoms with Gasteiger partial charge in [-0.25, -0.2) is 0 Å². The van der Waals surface area contributed by atoms with E-state index in [0.29, 0.717) is 19.5 Å². The standard InChI is InChI=1S/C10H17N3O2/c1-8-5-12-13(7-8)4-3-10(15)11-6-9(2)14/h5,7,9,14H,3-4,6H2,1-2H3,(H,11,15). The number of rotatable bonds is 5. The fraction of sp³-hybridized carbons (Fsp3) is 0.600. The van der Waals surface area contributed by atoms with Crippen LogP contribution in [0.1, 0.15) is 18.9 Å². The molecule has 0 bridgehead atoms. The zero-order chi connectivity index (χ0) is 11.3. The largest absolute Gasteiger partial charge is 0.392 e. The van der Waals surface area contributed by atoms with Gasteiger partial charge in [-0.05, 0) is 19.4 Å². The molecule has 1 aromatic heterocycles. The third kappa shape index (κ3) is 4.60. The van der Waals surface area contributed by atoms with E-state index >= 15 is 0 Å². The second kappa shape index (κ2) is 5.50. The molecule has 0 radical (unpaired) electrons. The molecule has 1 aromatic rings. The third-order valence-electron chi connectivity index (χ3n) is 1.92. The maximum absolute atomic E-state index is 11.3. The lowest BCUT2D eigenvalue weighted by Gasteiger charge is -2.06. The van der Waals surface area contributed by atoms with Gasteiger partial charge in [0, 0.05) is 25.7 Å². The molecule has 0 saturated carbocycles. The molecule has 0 aliphatic rings. The van der Waals surface area contributed by atoms with Gasteiger partial charge < -0.3 is 10.4 Å². The normalized spacial score (nSPS) is 12.5. The molecular formula is C10H17N3O2. The Hall–Kier alpha value is -1.36. The van der Waals surface area contributed by atoms with Crippen LogP contribution in [0.3, 0.4) is 0 Å². The van der Waals surface area contributed by atoms with Crippen LogP contribution < -0.4 is 5.32 Å². The Labute approximate surface area is 89.1 Å². The van der Waals surface area contributed by atoms with Crippen LogP contribution in [0.2, 0.25) is 0 Å². The zero-order valence-electron chi connectivity index (χ0n) is 9.10. The van der Waals surface area contributed by atoms with Gasteiger partial charge in [-0.2, -0.15) is 5.10 Å². The first-order valence-electron chi connectivity index (χ1n) is 5.02. The van der Waals surface area contributed by atoms with E-state index in [1.807, 2.05) is 13.1 Å². The topological polar surface area (TPSA) is 67.2 Å². The van der Waals surface area contributed by atoms with Crippen molar-refractivity contribution >= 4 is 5.91 Å². The summed E-state index contributed by atoms with van der Waals surface area (Å²) in [6.45, 7) is 4.46. The van der Waals surface area contributed by atoms with Gasteiger partial charge in [0.15, 0.2) is 0 Å². The van der Waals surface area contributed by atoms with Crippen LogP contribution in [0.4, 0.5) is 0 Å². The molecule has 0 spiro atoms. The number of nitrogens with one attached hydrogen (secondary N) is 1. The van der Waals surface area contributed by atoms with Gasteiger partial charge in [0.2, 0.25) is 5.91 Å². The minimum Gasteiger partial charge on any atom is -0.392 e. The molecule has 84 valence electrons. The quantitative estimate of drug-likeness (QED) is 0.724. The first-order chi connectivity index (χ1) is 7.08. The summed E-state index contributed by atoms with van der Waals surface area (Å²) in [5.41, 5.74) is 1.08. The lowest BCUT2D eigenvalue weighted by atomic mass is 10.3. The molecule has 0 aliphatic carbocycles.